The van der Waals surface area contributed by atoms with Crippen LogP contribution < -0.4 is 14.3 Å². The van der Waals surface area contributed by atoms with E-state index in [0.717, 1.165) is 21.6 Å². The van der Waals surface area contributed by atoms with Gasteiger partial charge in [0.1, 0.15) is 10.3 Å². The van der Waals surface area contributed by atoms with Crippen molar-refractivity contribution >= 4 is 48.8 Å². The Hall–Kier alpha value is -2.47. The summed E-state index contributed by atoms with van der Waals surface area (Å²) in [6.07, 6.45) is 2.80. The normalized spacial score (nSPS) is 19.4. The molecule has 5 rings (SSSR count). The Labute approximate surface area is 186 Å². The Morgan fingerprint density at radius 3 is 2.87 bits per heavy atom. The number of carbonyl (C=O) groups excluding carboxylic acids is 1. The highest BCUT2D eigenvalue weighted by molar-refractivity contribution is 7.91. The molecule has 1 fully saturated rings. The van der Waals surface area contributed by atoms with Crippen molar-refractivity contribution in [3.05, 3.63) is 47.1 Å². The summed E-state index contributed by atoms with van der Waals surface area (Å²) in [6.45, 7) is 4.74. The summed E-state index contributed by atoms with van der Waals surface area (Å²) in [4.78, 5) is 18.0. The van der Waals surface area contributed by atoms with Crippen LogP contribution in [0.2, 0.25) is 0 Å². The predicted octanol–water partition coefficient (Wildman–Crippen LogP) is 2.96. The number of thiophene rings is 1. The smallest absolute Gasteiger partial charge is 0.266 e. The highest BCUT2D eigenvalue weighted by atomic mass is 32.2. The Bertz CT molecular complexity index is 1340. The molecule has 8 nitrogen and oxygen atoms in total. The minimum Gasteiger partial charge on any atom is -0.454 e. The number of amides is 1. The number of nitrogens with zero attached hydrogens (tertiary/aromatic N) is 3. The first kappa shape index (κ1) is 20.4. The average molecular weight is 478 g/mol. The van der Waals surface area contributed by atoms with Crippen molar-refractivity contribution in [2.45, 2.75) is 29.6 Å². The van der Waals surface area contributed by atoms with Gasteiger partial charge in [-0.2, -0.15) is 9.30 Å². The van der Waals surface area contributed by atoms with Gasteiger partial charge in [-0.3, -0.25) is 4.79 Å². The molecule has 1 atom stereocenters. The minimum atomic E-state index is -3.72. The number of sulfonamides is 1. The molecular formula is C20H19N3O5S3. The van der Waals surface area contributed by atoms with E-state index in [9.17, 15) is 13.2 Å². The third-order valence-electron chi connectivity index (χ3n) is 5.24. The monoisotopic (exact) mass is 477 g/mol. The van der Waals surface area contributed by atoms with E-state index in [0.29, 0.717) is 42.2 Å². The van der Waals surface area contributed by atoms with Crippen LogP contribution in [0.3, 0.4) is 0 Å². The summed E-state index contributed by atoms with van der Waals surface area (Å²) < 4.78 is 41.2. The molecule has 0 aliphatic carbocycles. The van der Waals surface area contributed by atoms with E-state index in [1.54, 1.807) is 23.6 Å². The second-order valence-corrected chi connectivity index (χ2v) is 11.2. The molecule has 1 aromatic carbocycles. The molecule has 3 aromatic rings. The maximum Gasteiger partial charge on any atom is 0.266 e. The summed E-state index contributed by atoms with van der Waals surface area (Å²) in [5.41, 5.74) is 0.857. The van der Waals surface area contributed by atoms with E-state index in [1.807, 2.05) is 16.7 Å². The molecule has 0 radical (unpaired) electrons. The number of hydrogen-bond donors (Lipinski definition) is 0. The number of fused-ring (bicyclic) bond motifs is 2. The zero-order valence-electron chi connectivity index (χ0n) is 16.4. The number of hydrogen-bond acceptors (Lipinski definition) is 7. The van der Waals surface area contributed by atoms with Crippen LogP contribution in [0.15, 0.2) is 51.5 Å². The standard InChI is InChI=1S/C20H19N3O5S3/c1-2-7-22-14-10-15-16(28-12-27-15)11-17(14)30-20(22)21-19(24)13-5-3-8-23(13)31(25,26)18-6-4-9-29-18/h2,4,6,9-11,13H,1,3,5,7-8,12H2. The van der Waals surface area contributed by atoms with Gasteiger partial charge in [0, 0.05) is 25.2 Å². The van der Waals surface area contributed by atoms with Gasteiger partial charge in [-0.25, -0.2) is 8.42 Å². The van der Waals surface area contributed by atoms with Crippen LogP contribution in [0.1, 0.15) is 12.8 Å². The van der Waals surface area contributed by atoms with Crippen molar-refractivity contribution in [3.63, 3.8) is 0 Å². The molecule has 4 heterocycles. The maximum absolute atomic E-state index is 13.1. The van der Waals surface area contributed by atoms with E-state index in [1.165, 1.54) is 15.6 Å². The Balaban J connectivity index is 1.55. The number of carbonyl (C=O) groups is 1. The fourth-order valence-electron chi connectivity index (χ4n) is 3.82. The zero-order chi connectivity index (χ0) is 21.6. The van der Waals surface area contributed by atoms with Crippen molar-refractivity contribution in [2.75, 3.05) is 13.3 Å². The zero-order valence-corrected chi connectivity index (χ0v) is 18.8. The highest BCUT2D eigenvalue weighted by Crippen LogP contribution is 2.37. The fraction of sp³-hybridized carbons (Fsp3) is 0.300. The van der Waals surface area contributed by atoms with Crippen LogP contribution in [0, 0.1) is 0 Å². The van der Waals surface area contributed by atoms with Crippen LogP contribution >= 0.6 is 22.7 Å². The van der Waals surface area contributed by atoms with Crippen molar-refractivity contribution in [1.29, 1.82) is 0 Å². The molecule has 1 unspecified atom stereocenters. The van der Waals surface area contributed by atoms with Crippen molar-refractivity contribution in [1.82, 2.24) is 8.87 Å². The van der Waals surface area contributed by atoms with Gasteiger partial charge in [-0.15, -0.1) is 17.9 Å². The van der Waals surface area contributed by atoms with Crippen molar-refractivity contribution in [2.24, 2.45) is 4.99 Å². The molecule has 2 aromatic heterocycles. The van der Waals surface area contributed by atoms with Gasteiger partial charge in [0.2, 0.25) is 6.79 Å². The van der Waals surface area contributed by atoms with Gasteiger partial charge in [0.25, 0.3) is 15.9 Å². The largest absolute Gasteiger partial charge is 0.454 e. The third-order valence-corrected chi connectivity index (χ3v) is 9.56. The molecule has 1 saturated heterocycles. The summed E-state index contributed by atoms with van der Waals surface area (Å²) in [6, 6.07) is 6.18. The van der Waals surface area contributed by atoms with Gasteiger partial charge < -0.3 is 14.0 Å². The number of thiazole rings is 1. The van der Waals surface area contributed by atoms with Crippen molar-refractivity contribution < 1.29 is 22.7 Å². The van der Waals surface area contributed by atoms with Gasteiger partial charge in [-0.1, -0.05) is 23.5 Å². The average Bonchev–Trinajstić information content (AvgIpc) is 3.53. The molecule has 0 bridgehead atoms. The number of benzene rings is 1. The van der Waals surface area contributed by atoms with Crippen LogP contribution in [0.25, 0.3) is 10.2 Å². The minimum absolute atomic E-state index is 0.181. The van der Waals surface area contributed by atoms with E-state index in [4.69, 9.17) is 9.47 Å². The number of allylic oxidation sites excluding steroid dienone is 1. The molecule has 31 heavy (non-hydrogen) atoms. The maximum atomic E-state index is 13.1. The molecule has 1 amide bonds. The summed E-state index contributed by atoms with van der Waals surface area (Å²) in [5.74, 6) is 0.841. The lowest BCUT2D eigenvalue weighted by Crippen LogP contribution is -2.40. The summed E-state index contributed by atoms with van der Waals surface area (Å²) in [7, 11) is -3.72. The number of rotatable bonds is 5. The molecular weight excluding hydrogens is 458 g/mol. The molecule has 11 heteroatoms. The molecule has 162 valence electrons. The molecule has 2 aliphatic rings. The second-order valence-electron chi connectivity index (χ2n) is 7.11. The first-order valence-corrected chi connectivity index (χ1v) is 12.8. The second kappa shape index (κ2) is 7.90. The molecule has 0 saturated carbocycles. The SMILES string of the molecule is C=CCn1c(=NC(=O)C2CCCN2S(=O)(=O)c2cccs2)sc2cc3c(cc21)OCO3. The number of aromatic nitrogens is 1. The molecule has 0 N–H and O–H groups in total. The topological polar surface area (TPSA) is 90.2 Å². The highest BCUT2D eigenvalue weighted by Gasteiger charge is 2.40. The molecule has 2 aliphatic heterocycles. The third kappa shape index (κ3) is 3.51. The molecule has 0 spiro atoms. The quantitative estimate of drug-likeness (QED) is 0.527. The summed E-state index contributed by atoms with van der Waals surface area (Å²) in [5, 5.41) is 1.71. The Kier molecular flexibility index (Phi) is 5.21. The van der Waals surface area contributed by atoms with Crippen molar-refractivity contribution in [3.8, 4) is 11.5 Å². The van der Waals surface area contributed by atoms with Crippen LogP contribution in [-0.4, -0.2) is 42.6 Å². The fourth-order valence-corrected chi connectivity index (χ4v) is 7.65. The van der Waals surface area contributed by atoms with Gasteiger partial charge in [0.05, 0.1) is 10.2 Å². The number of ether oxygens (including phenoxy) is 2. The van der Waals surface area contributed by atoms with E-state index in [2.05, 4.69) is 11.6 Å². The Morgan fingerprint density at radius 1 is 1.32 bits per heavy atom. The van der Waals surface area contributed by atoms with Crippen LogP contribution in [-0.2, 0) is 21.4 Å². The Morgan fingerprint density at radius 2 is 2.13 bits per heavy atom. The van der Waals surface area contributed by atoms with Gasteiger partial charge in [0.15, 0.2) is 16.3 Å². The van der Waals surface area contributed by atoms with Crippen LogP contribution in [0.5, 0.6) is 11.5 Å². The predicted molar refractivity (Wildman–Crippen MR) is 118 cm³/mol. The van der Waals surface area contributed by atoms with Gasteiger partial charge in [-0.05, 0) is 24.3 Å². The van der Waals surface area contributed by atoms with E-state index >= 15 is 0 Å². The van der Waals surface area contributed by atoms with Crippen LogP contribution in [0.4, 0.5) is 0 Å². The lowest BCUT2D eigenvalue weighted by Gasteiger charge is -2.20. The van der Waals surface area contributed by atoms with E-state index in [-0.39, 0.29) is 11.0 Å². The lowest BCUT2D eigenvalue weighted by molar-refractivity contribution is -0.121. The van der Waals surface area contributed by atoms with Gasteiger partial charge >= 0.3 is 0 Å². The van der Waals surface area contributed by atoms with E-state index < -0.39 is 22.0 Å². The summed E-state index contributed by atoms with van der Waals surface area (Å²) >= 11 is 2.50. The first-order chi connectivity index (χ1) is 15.0. The first-order valence-electron chi connectivity index (χ1n) is 9.67. The lowest BCUT2D eigenvalue weighted by atomic mass is 10.2.